The van der Waals surface area contributed by atoms with Gasteiger partial charge in [-0.15, -0.1) is 0 Å². The molecule has 8 heteroatoms. The molecule has 1 amide bonds. The summed E-state index contributed by atoms with van der Waals surface area (Å²) in [6, 6.07) is 15.8. The van der Waals surface area contributed by atoms with Crippen LogP contribution in [0, 0.1) is 6.92 Å². The van der Waals surface area contributed by atoms with E-state index in [-0.39, 0.29) is 5.24 Å². The van der Waals surface area contributed by atoms with E-state index in [1.807, 2.05) is 60.4 Å². The molecule has 0 radical (unpaired) electrons. The number of aromatic nitrogens is 1. The van der Waals surface area contributed by atoms with Crippen molar-refractivity contribution in [3.63, 3.8) is 0 Å². The molecule has 1 aliphatic heterocycles. The molecule has 1 aromatic heterocycles. The van der Waals surface area contributed by atoms with E-state index in [1.54, 1.807) is 14.2 Å². The van der Waals surface area contributed by atoms with E-state index in [2.05, 4.69) is 14.6 Å². The molecule has 2 aromatic carbocycles. The SMILES string of the molecule is COc1cc(OC)cc(N2CCN(C(=O)SNc3cc4ccccc4nc3C)CC2)c1. The van der Waals surface area contributed by atoms with Crippen LogP contribution in [0.2, 0.25) is 0 Å². The fourth-order valence-electron chi connectivity index (χ4n) is 3.60. The topological polar surface area (TPSA) is 66.9 Å². The maximum atomic E-state index is 12.7. The number of hydrogen-bond acceptors (Lipinski definition) is 7. The van der Waals surface area contributed by atoms with Gasteiger partial charge in [0.15, 0.2) is 0 Å². The van der Waals surface area contributed by atoms with Gasteiger partial charge in [-0.05, 0) is 19.1 Å². The summed E-state index contributed by atoms with van der Waals surface area (Å²) in [7, 11) is 3.29. The highest BCUT2D eigenvalue weighted by molar-refractivity contribution is 8.14. The average Bonchev–Trinajstić information content (AvgIpc) is 2.82. The maximum Gasteiger partial charge on any atom is 0.302 e. The summed E-state index contributed by atoms with van der Waals surface area (Å²) in [5.41, 5.74) is 3.72. The molecule has 0 saturated carbocycles. The molecule has 4 rings (SSSR count). The second kappa shape index (κ2) is 9.34. The third-order valence-corrected chi connectivity index (χ3v) is 6.16. The third kappa shape index (κ3) is 4.80. The van der Waals surface area contributed by atoms with Crippen LogP contribution in [0.3, 0.4) is 0 Å². The summed E-state index contributed by atoms with van der Waals surface area (Å²) in [5, 5.41) is 1.06. The average molecular weight is 439 g/mol. The minimum Gasteiger partial charge on any atom is -0.497 e. The van der Waals surface area contributed by atoms with Crippen molar-refractivity contribution >= 4 is 39.5 Å². The Morgan fingerprint density at radius 1 is 1.00 bits per heavy atom. The van der Waals surface area contributed by atoms with Gasteiger partial charge in [0.05, 0.1) is 31.1 Å². The summed E-state index contributed by atoms with van der Waals surface area (Å²) < 4.78 is 13.9. The van der Waals surface area contributed by atoms with Crippen LogP contribution in [0.15, 0.2) is 48.5 Å². The number of nitrogens with zero attached hydrogens (tertiary/aromatic N) is 3. The number of carbonyl (C=O) groups is 1. The largest absolute Gasteiger partial charge is 0.497 e. The van der Waals surface area contributed by atoms with E-state index in [0.29, 0.717) is 13.1 Å². The van der Waals surface area contributed by atoms with Crippen molar-refractivity contribution < 1.29 is 14.3 Å². The highest BCUT2D eigenvalue weighted by atomic mass is 32.2. The highest BCUT2D eigenvalue weighted by Crippen LogP contribution is 2.29. The van der Waals surface area contributed by atoms with Crippen molar-refractivity contribution in [3.8, 4) is 11.5 Å². The predicted molar refractivity (Wildman–Crippen MR) is 126 cm³/mol. The number of amides is 1. The molecule has 162 valence electrons. The van der Waals surface area contributed by atoms with E-state index >= 15 is 0 Å². The van der Waals surface area contributed by atoms with Gasteiger partial charge < -0.3 is 24.0 Å². The Morgan fingerprint density at radius 3 is 2.35 bits per heavy atom. The number of methoxy groups -OCH3 is 2. The number of hydrogen-bond donors (Lipinski definition) is 1. The molecule has 1 aliphatic rings. The number of ether oxygens (including phenoxy) is 2. The maximum absolute atomic E-state index is 12.7. The Bertz CT molecular complexity index is 1060. The third-order valence-electron chi connectivity index (χ3n) is 5.40. The van der Waals surface area contributed by atoms with Crippen LogP contribution < -0.4 is 19.1 Å². The van der Waals surface area contributed by atoms with Crippen molar-refractivity contribution in [1.82, 2.24) is 9.88 Å². The predicted octanol–water partition coefficient (Wildman–Crippen LogP) is 4.56. The number of nitrogens with one attached hydrogen (secondary N) is 1. The van der Waals surface area contributed by atoms with Crippen molar-refractivity contribution in [2.45, 2.75) is 6.92 Å². The van der Waals surface area contributed by atoms with Crippen LogP contribution in [-0.4, -0.2) is 55.5 Å². The number of pyridine rings is 1. The number of anilines is 2. The first-order valence-electron chi connectivity index (χ1n) is 10.1. The lowest BCUT2D eigenvalue weighted by molar-refractivity contribution is 0.219. The van der Waals surface area contributed by atoms with Crippen LogP contribution in [0.1, 0.15) is 5.69 Å². The first-order valence-corrected chi connectivity index (χ1v) is 10.9. The van der Waals surface area contributed by atoms with Gasteiger partial charge in [-0.3, -0.25) is 9.78 Å². The fraction of sp³-hybridized carbons (Fsp3) is 0.304. The van der Waals surface area contributed by atoms with E-state index in [1.165, 1.54) is 0 Å². The number of piperazine rings is 1. The van der Waals surface area contributed by atoms with Gasteiger partial charge in [0.2, 0.25) is 0 Å². The molecule has 0 spiro atoms. The van der Waals surface area contributed by atoms with Crippen LogP contribution in [0.4, 0.5) is 16.2 Å². The Hall–Kier alpha value is -3.13. The molecule has 0 unspecified atom stereocenters. The summed E-state index contributed by atoms with van der Waals surface area (Å²) in [6.45, 7) is 4.75. The van der Waals surface area contributed by atoms with Gasteiger partial charge in [-0.25, -0.2) is 0 Å². The summed E-state index contributed by atoms with van der Waals surface area (Å²) in [6.07, 6.45) is 0. The van der Waals surface area contributed by atoms with Crippen molar-refractivity contribution in [2.75, 3.05) is 50.0 Å². The number of aryl methyl sites for hydroxylation is 1. The first-order chi connectivity index (χ1) is 15.1. The second-order valence-electron chi connectivity index (χ2n) is 7.33. The van der Waals surface area contributed by atoms with Gasteiger partial charge in [0.1, 0.15) is 11.5 Å². The molecule has 0 atom stereocenters. The minimum atomic E-state index is 0.00966. The van der Waals surface area contributed by atoms with Gasteiger partial charge in [-0.2, -0.15) is 0 Å². The number of benzene rings is 2. The second-order valence-corrected chi connectivity index (χ2v) is 8.09. The lowest BCUT2D eigenvalue weighted by Gasteiger charge is -2.36. The van der Waals surface area contributed by atoms with Crippen molar-refractivity contribution in [1.29, 1.82) is 0 Å². The Balaban J connectivity index is 1.35. The quantitative estimate of drug-likeness (QED) is 0.586. The molecule has 0 bridgehead atoms. The zero-order chi connectivity index (χ0) is 21.8. The molecule has 31 heavy (non-hydrogen) atoms. The van der Waals surface area contributed by atoms with E-state index < -0.39 is 0 Å². The standard InChI is InChI=1S/C23H26N4O3S/c1-16-22(12-17-6-4-5-7-21(17)24-16)25-31-23(28)27-10-8-26(9-11-27)18-13-19(29-2)15-20(14-18)30-3/h4-7,12-15,25H,8-11H2,1-3H3. The Labute approximate surface area is 186 Å². The number of rotatable bonds is 5. The van der Waals surface area contributed by atoms with Crippen molar-refractivity contribution in [3.05, 3.63) is 54.2 Å². The van der Waals surface area contributed by atoms with Crippen LogP contribution in [-0.2, 0) is 0 Å². The molecule has 7 nitrogen and oxygen atoms in total. The summed E-state index contributed by atoms with van der Waals surface area (Å²) in [5.74, 6) is 1.51. The van der Waals surface area contributed by atoms with Gasteiger partial charge >= 0.3 is 5.24 Å². The van der Waals surface area contributed by atoms with Crippen molar-refractivity contribution in [2.24, 2.45) is 0 Å². The van der Waals surface area contributed by atoms with E-state index in [4.69, 9.17) is 9.47 Å². The minimum absolute atomic E-state index is 0.00966. The molecular weight excluding hydrogens is 412 g/mol. The highest BCUT2D eigenvalue weighted by Gasteiger charge is 2.23. The number of carbonyl (C=O) groups excluding carboxylic acids is 1. The molecule has 1 fully saturated rings. The van der Waals surface area contributed by atoms with Gasteiger partial charge in [-0.1, -0.05) is 18.2 Å². The molecule has 1 saturated heterocycles. The number of para-hydroxylation sites is 1. The van der Waals surface area contributed by atoms with Crippen LogP contribution in [0.25, 0.3) is 10.9 Å². The van der Waals surface area contributed by atoms with Gasteiger partial charge in [0.25, 0.3) is 0 Å². The van der Waals surface area contributed by atoms with Gasteiger partial charge in [0, 0.05) is 67.4 Å². The molecule has 0 aliphatic carbocycles. The lowest BCUT2D eigenvalue weighted by Crippen LogP contribution is -2.47. The molecule has 1 N–H and O–H groups in total. The normalized spacial score (nSPS) is 13.9. The summed E-state index contributed by atoms with van der Waals surface area (Å²) >= 11 is 1.11. The monoisotopic (exact) mass is 438 g/mol. The first kappa shape index (κ1) is 21.1. The smallest absolute Gasteiger partial charge is 0.302 e. The summed E-state index contributed by atoms with van der Waals surface area (Å²) in [4.78, 5) is 21.5. The number of fused-ring (bicyclic) bond motifs is 1. The Morgan fingerprint density at radius 2 is 1.68 bits per heavy atom. The lowest BCUT2D eigenvalue weighted by atomic mass is 10.2. The van der Waals surface area contributed by atoms with E-state index in [0.717, 1.165) is 64.5 Å². The zero-order valence-electron chi connectivity index (χ0n) is 17.9. The van der Waals surface area contributed by atoms with E-state index in [9.17, 15) is 4.79 Å². The molecule has 3 aromatic rings. The molecular formula is C23H26N4O3S. The zero-order valence-corrected chi connectivity index (χ0v) is 18.7. The Kier molecular flexibility index (Phi) is 6.36. The molecule has 2 heterocycles. The van der Waals surface area contributed by atoms with Crippen LogP contribution in [0.5, 0.6) is 11.5 Å². The van der Waals surface area contributed by atoms with Crippen LogP contribution >= 0.6 is 11.9 Å². The fourth-order valence-corrected chi connectivity index (χ4v) is 4.32.